The van der Waals surface area contributed by atoms with Crippen molar-refractivity contribution >= 4 is 5.91 Å². The van der Waals surface area contributed by atoms with E-state index in [1.165, 1.54) is 148 Å². The minimum absolute atomic E-state index is 0.131. The van der Waals surface area contributed by atoms with Crippen molar-refractivity contribution in [3.63, 3.8) is 0 Å². The van der Waals surface area contributed by atoms with Gasteiger partial charge in [0.05, 0.1) is 36.6 Å². The summed E-state index contributed by atoms with van der Waals surface area (Å²) in [4.78, 5) is 16.1. The molecule has 0 bridgehead atoms. The van der Waals surface area contributed by atoms with E-state index < -0.39 is 0 Å². The predicted molar refractivity (Wildman–Crippen MR) is 280 cm³/mol. The maximum absolute atomic E-state index is 11.3. The third-order valence-corrected chi connectivity index (χ3v) is 12.9. The number of amides is 1. The molecule has 10 heteroatoms. The zero-order chi connectivity index (χ0) is 48.6. The highest BCUT2D eigenvalue weighted by molar-refractivity contribution is 5.78. The van der Waals surface area contributed by atoms with Gasteiger partial charge in [0, 0.05) is 67.9 Å². The molecule has 1 amide bonds. The number of nitrogens with one attached hydrogen (secondary N) is 4. The Morgan fingerprint density at radius 2 is 0.877 bits per heavy atom. The zero-order valence-electron chi connectivity index (χ0n) is 45.5. The highest BCUT2D eigenvalue weighted by atomic mass is 16.5. The first-order chi connectivity index (χ1) is 30.8. The Bertz CT molecular complexity index is 1070. The smallest absolute Gasteiger partial charge is 0.222 e. The highest BCUT2D eigenvalue weighted by Gasteiger charge is 2.20. The summed E-state index contributed by atoms with van der Waals surface area (Å²) in [6.07, 6.45) is 29.9. The van der Waals surface area contributed by atoms with Crippen LogP contribution >= 0.6 is 0 Å². The first kappa shape index (κ1) is 61.7. The molecular weight excluding hydrogens is 809 g/mol. The second-order valence-corrected chi connectivity index (χ2v) is 22.0. The van der Waals surface area contributed by atoms with Crippen LogP contribution in [0.4, 0.5) is 0 Å². The average molecular weight is 922 g/mol. The SMILES string of the molecule is C=C1CC(OC(C)C)CCN1.CC(C)C(=O)NC1CCCCC1.CC(C)NC1CCCCC1.CC(C)NC1CCN(C)CC1.CC(C)OC1CCCCC1.CC(C)OC1CCN(C)CC1. The molecule has 4 N–H and O–H groups in total. The lowest BCUT2D eigenvalue weighted by Gasteiger charge is -2.30. The molecule has 6 aliphatic rings. The molecule has 65 heavy (non-hydrogen) atoms. The number of rotatable bonds is 12. The quantitative estimate of drug-likeness (QED) is 0.153. The fraction of sp³-hybridized carbons (Fsp3) is 0.945. The van der Waals surface area contributed by atoms with Gasteiger partial charge in [-0.05, 0) is 139 Å². The second kappa shape index (κ2) is 37.6. The number of piperidine rings is 3. The average Bonchev–Trinajstić information content (AvgIpc) is 3.24. The number of nitrogens with zero attached hydrogens (tertiary/aromatic N) is 2. The summed E-state index contributed by atoms with van der Waals surface area (Å²) in [5.74, 6) is 0.342. The van der Waals surface area contributed by atoms with Crippen LogP contribution in [0.5, 0.6) is 0 Å². The van der Waals surface area contributed by atoms with Crippen molar-refractivity contribution < 1.29 is 19.0 Å². The van der Waals surface area contributed by atoms with E-state index in [-0.39, 0.29) is 11.8 Å². The summed E-state index contributed by atoms with van der Waals surface area (Å²) in [7, 11) is 4.37. The molecule has 10 nitrogen and oxygen atoms in total. The minimum Gasteiger partial charge on any atom is -0.389 e. The summed E-state index contributed by atoms with van der Waals surface area (Å²) in [5, 5.41) is 13.4. The molecule has 0 aromatic carbocycles. The molecule has 3 aliphatic carbocycles. The number of ether oxygens (including phenoxy) is 3. The second-order valence-electron chi connectivity index (χ2n) is 22.0. The fourth-order valence-electron chi connectivity index (χ4n) is 9.45. The number of carbonyl (C=O) groups excluding carboxylic acids is 1. The van der Waals surface area contributed by atoms with E-state index in [2.05, 4.69) is 121 Å². The molecule has 3 saturated heterocycles. The lowest BCUT2D eigenvalue weighted by atomic mass is 9.95. The molecule has 3 saturated carbocycles. The van der Waals surface area contributed by atoms with Crippen molar-refractivity contribution in [1.82, 2.24) is 31.1 Å². The van der Waals surface area contributed by atoms with E-state index >= 15 is 0 Å². The summed E-state index contributed by atoms with van der Waals surface area (Å²) < 4.78 is 17.1. The molecule has 6 rings (SSSR count). The highest BCUT2D eigenvalue weighted by Crippen LogP contribution is 2.22. The van der Waals surface area contributed by atoms with Crippen LogP contribution in [0.3, 0.4) is 0 Å². The Morgan fingerprint density at radius 3 is 1.28 bits per heavy atom. The van der Waals surface area contributed by atoms with Gasteiger partial charge in [0.25, 0.3) is 0 Å². The number of carbonyl (C=O) groups is 1. The first-order valence-electron chi connectivity index (χ1n) is 27.4. The van der Waals surface area contributed by atoms with Crippen molar-refractivity contribution in [1.29, 1.82) is 0 Å². The topological polar surface area (TPSA) is 99.4 Å². The summed E-state index contributed by atoms with van der Waals surface area (Å²) in [6.45, 7) is 35.2. The van der Waals surface area contributed by atoms with Gasteiger partial charge in [0.15, 0.2) is 0 Å². The molecule has 3 heterocycles. The Hall–Kier alpha value is -1.27. The first-order valence-corrected chi connectivity index (χ1v) is 27.4. The van der Waals surface area contributed by atoms with Gasteiger partial charge in [-0.1, -0.05) is 106 Å². The van der Waals surface area contributed by atoms with Crippen LogP contribution in [0.15, 0.2) is 12.3 Å². The molecular formula is C55H112N6O4. The van der Waals surface area contributed by atoms with Crippen molar-refractivity contribution in [3.05, 3.63) is 12.3 Å². The number of hydrogen-bond donors (Lipinski definition) is 4. The maximum Gasteiger partial charge on any atom is 0.222 e. The van der Waals surface area contributed by atoms with Crippen LogP contribution in [-0.4, -0.2) is 129 Å². The summed E-state index contributed by atoms with van der Waals surface area (Å²) in [5.41, 5.74) is 1.11. The monoisotopic (exact) mass is 921 g/mol. The Kier molecular flexibility index (Phi) is 35.7. The molecule has 0 radical (unpaired) electrons. The van der Waals surface area contributed by atoms with Gasteiger partial charge in [0.1, 0.15) is 0 Å². The molecule has 0 spiro atoms. The molecule has 3 aliphatic heterocycles. The van der Waals surface area contributed by atoms with E-state index in [0.717, 1.165) is 37.2 Å². The van der Waals surface area contributed by atoms with Gasteiger partial charge in [-0.3, -0.25) is 4.79 Å². The Balaban J connectivity index is 0.000000390. The lowest BCUT2D eigenvalue weighted by molar-refractivity contribution is -0.124. The third kappa shape index (κ3) is 35.5. The summed E-state index contributed by atoms with van der Waals surface area (Å²) in [6, 6.07) is 3.38. The van der Waals surface area contributed by atoms with Crippen LogP contribution in [0.25, 0.3) is 0 Å². The maximum atomic E-state index is 11.3. The van der Waals surface area contributed by atoms with Crippen LogP contribution in [-0.2, 0) is 19.0 Å². The largest absolute Gasteiger partial charge is 0.389 e. The summed E-state index contributed by atoms with van der Waals surface area (Å²) >= 11 is 0. The van der Waals surface area contributed by atoms with E-state index in [1.54, 1.807) is 0 Å². The van der Waals surface area contributed by atoms with E-state index in [0.29, 0.717) is 54.7 Å². The minimum atomic E-state index is 0.131. The lowest BCUT2D eigenvalue weighted by Crippen LogP contribution is -2.43. The van der Waals surface area contributed by atoms with E-state index in [9.17, 15) is 4.79 Å². The van der Waals surface area contributed by atoms with Gasteiger partial charge >= 0.3 is 0 Å². The standard InChI is InChI=1S/C10H19NO.C9H20N2.C9H19NO.C9H17NO.C9H19N.C9H18O/c1-8(2)10(12)11-9-6-4-3-5-7-9;1-8(2)10-9-4-6-11(3)7-5-9;1-8(2)11-9-4-6-10(3)7-5-9;1-7(2)11-9-4-5-10-8(3)6-9;2*1-8(2)10-9-6-4-3-5-7-9/h8-9H,3-7H2,1-2H3,(H,11,12);8-10H,4-7H2,1-3H3;8-9H,4-7H2,1-3H3;7,9-10H,3-6H2,1-2H3;8-10H,3-7H2,1-2H3;8-9H,3-7H2,1-2H3. The fourth-order valence-corrected chi connectivity index (χ4v) is 9.45. The molecule has 1 atom stereocenters. The van der Waals surface area contributed by atoms with Crippen LogP contribution in [0, 0.1) is 5.92 Å². The van der Waals surface area contributed by atoms with Crippen LogP contribution in [0.2, 0.25) is 0 Å². The van der Waals surface area contributed by atoms with Gasteiger partial charge in [-0.25, -0.2) is 0 Å². The molecule has 1 unspecified atom stereocenters. The van der Waals surface area contributed by atoms with Gasteiger partial charge < -0.3 is 45.3 Å². The zero-order valence-corrected chi connectivity index (χ0v) is 45.5. The van der Waals surface area contributed by atoms with Crippen molar-refractivity contribution in [3.8, 4) is 0 Å². The predicted octanol–water partition coefficient (Wildman–Crippen LogP) is 11.4. The Morgan fingerprint density at radius 1 is 0.508 bits per heavy atom. The van der Waals surface area contributed by atoms with Gasteiger partial charge in [-0.15, -0.1) is 0 Å². The van der Waals surface area contributed by atoms with E-state index in [4.69, 9.17) is 14.2 Å². The molecule has 6 fully saturated rings. The number of likely N-dealkylation sites (tertiary alicyclic amines) is 2. The van der Waals surface area contributed by atoms with Crippen LogP contribution < -0.4 is 21.3 Å². The van der Waals surface area contributed by atoms with Gasteiger partial charge in [-0.2, -0.15) is 0 Å². The van der Waals surface area contributed by atoms with Crippen molar-refractivity contribution in [2.45, 2.75) is 285 Å². The Labute approximate surface area is 404 Å². The number of hydrogen-bond acceptors (Lipinski definition) is 9. The van der Waals surface area contributed by atoms with Gasteiger partial charge in [0.2, 0.25) is 5.91 Å². The van der Waals surface area contributed by atoms with E-state index in [1.807, 2.05) is 13.8 Å². The molecule has 386 valence electrons. The third-order valence-electron chi connectivity index (χ3n) is 12.9. The normalized spacial score (nSPS) is 22.4. The van der Waals surface area contributed by atoms with Crippen LogP contribution in [0.1, 0.15) is 218 Å². The van der Waals surface area contributed by atoms with Crippen molar-refractivity contribution in [2.75, 3.05) is 46.8 Å². The molecule has 0 aromatic rings. The molecule has 0 aromatic heterocycles. The van der Waals surface area contributed by atoms with Crippen molar-refractivity contribution in [2.24, 2.45) is 5.92 Å².